The molecule has 0 N–H and O–H groups in total. The van der Waals surface area contributed by atoms with Crippen molar-refractivity contribution in [1.29, 1.82) is 0 Å². The summed E-state index contributed by atoms with van der Waals surface area (Å²) < 4.78 is 4.98. The first-order valence-corrected chi connectivity index (χ1v) is 19.6. The van der Waals surface area contributed by atoms with Crippen molar-refractivity contribution in [3.63, 3.8) is 0 Å². The van der Waals surface area contributed by atoms with Crippen molar-refractivity contribution >= 4 is 53.3 Å². The minimum absolute atomic E-state index is 0.637. The minimum Gasteiger partial charge on any atom is -0.308 e. The lowest BCUT2D eigenvalue weighted by Gasteiger charge is -2.11. The summed E-state index contributed by atoms with van der Waals surface area (Å²) in [4.78, 5) is 15.5. The normalized spacial score (nSPS) is 11.6. The second-order valence-electron chi connectivity index (χ2n) is 14.0. The highest BCUT2D eigenvalue weighted by molar-refractivity contribution is 7.26. The van der Waals surface area contributed by atoms with Gasteiger partial charge in [-0.2, -0.15) is 0 Å². The van der Waals surface area contributed by atoms with Crippen LogP contribution in [0.4, 0.5) is 0 Å². The summed E-state index contributed by atoms with van der Waals surface area (Å²) in [6.45, 7) is 0. The van der Waals surface area contributed by atoms with Gasteiger partial charge in [0, 0.05) is 42.9 Å². The molecule has 0 unspecified atom stereocenters. The van der Waals surface area contributed by atoms with Gasteiger partial charge in [-0.05, 0) is 40.5 Å². The molecule has 0 aliphatic carbocycles. The first-order chi connectivity index (χ1) is 27.8. The van der Waals surface area contributed by atoms with E-state index in [2.05, 4.69) is 174 Å². The van der Waals surface area contributed by atoms with Crippen LogP contribution in [0.15, 0.2) is 194 Å². The molecule has 11 aromatic rings. The number of hydrogen-bond acceptors (Lipinski definition) is 4. The van der Waals surface area contributed by atoms with Gasteiger partial charge in [-0.3, -0.25) is 0 Å². The Balaban J connectivity index is 1.13. The van der Waals surface area contributed by atoms with Crippen LogP contribution in [0.3, 0.4) is 0 Å². The summed E-state index contributed by atoms with van der Waals surface area (Å²) in [5.74, 6) is 1.92. The first-order valence-electron chi connectivity index (χ1n) is 18.8. The molecule has 0 spiro atoms. The van der Waals surface area contributed by atoms with Gasteiger partial charge in [-0.15, -0.1) is 11.3 Å². The van der Waals surface area contributed by atoms with Gasteiger partial charge in [0.25, 0.3) is 0 Å². The van der Waals surface area contributed by atoms with Crippen LogP contribution in [-0.2, 0) is 0 Å². The highest BCUT2D eigenvalue weighted by Crippen LogP contribution is 2.45. The van der Waals surface area contributed by atoms with Crippen LogP contribution in [0.1, 0.15) is 0 Å². The number of nitrogens with zero attached hydrogens (tertiary/aromatic N) is 4. The smallest absolute Gasteiger partial charge is 0.164 e. The molecule has 262 valence electrons. The second kappa shape index (κ2) is 13.3. The van der Waals surface area contributed by atoms with Crippen molar-refractivity contribution < 1.29 is 0 Å². The van der Waals surface area contributed by atoms with Crippen molar-refractivity contribution in [3.8, 4) is 62.1 Å². The number of rotatable bonds is 6. The van der Waals surface area contributed by atoms with E-state index in [4.69, 9.17) is 15.0 Å². The first kappa shape index (κ1) is 32.2. The van der Waals surface area contributed by atoms with Crippen LogP contribution in [0.25, 0.3) is 104 Å². The quantitative estimate of drug-likeness (QED) is 0.171. The van der Waals surface area contributed by atoms with Crippen molar-refractivity contribution in [3.05, 3.63) is 194 Å². The van der Waals surface area contributed by atoms with Gasteiger partial charge in [-0.1, -0.05) is 176 Å². The number of aromatic nitrogens is 4. The molecule has 0 saturated carbocycles. The number of hydrogen-bond donors (Lipinski definition) is 0. The Morgan fingerprint density at radius 1 is 0.321 bits per heavy atom. The Hall–Kier alpha value is -7.21. The average Bonchev–Trinajstić information content (AvgIpc) is 3.84. The van der Waals surface area contributed by atoms with E-state index in [9.17, 15) is 0 Å². The Labute approximate surface area is 327 Å². The zero-order valence-corrected chi connectivity index (χ0v) is 31.0. The van der Waals surface area contributed by atoms with Crippen molar-refractivity contribution in [1.82, 2.24) is 19.5 Å². The van der Waals surface area contributed by atoms with Crippen LogP contribution < -0.4 is 0 Å². The molecule has 0 saturated heterocycles. The Kier molecular flexibility index (Phi) is 7.64. The van der Waals surface area contributed by atoms with E-state index in [0.29, 0.717) is 17.5 Å². The zero-order chi connectivity index (χ0) is 37.0. The van der Waals surface area contributed by atoms with Crippen molar-refractivity contribution in [2.75, 3.05) is 0 Å². The van der Waals surface area contributed by atoms with Gasteiger partial charge < -0.3 is 4.57 Å². The summed E-state index contributed by atoms with van der Waals surface area (Å²) in [7, 11) is 0. The second-order valence-corrected chi connectivity index (χ2v) is 15.0. The predicted molar refractivity (Wildman–Crippen MR) is 234 cm³/mol. The molecular formula is C51H32N4S. The van der Waals surface area contributed by atoms with Crippen molar-refractivity contribution in [2.24, 2.45) is 0 Å². The Morgan fingerprint density at radius 2 is 0.804 bits per heavy atom. The van der Waals surface area contributed by atoms with Crippen LogP contribution in [0.5, 0.6) is 0 Å². The van der Waals surface area contributed by atoms with Crippen molar-refractivity contribution in [2.45, 2.75) is 0 Å². The van der Waals surface area contributed by atoms with E-state index in [1.54, 1.807) is 0 Å². The zero-order valence-electron chi connectivity index (χ0n) is 30.2. The highest BCUT2D eigenvalue weighted by atomic mass is 32.1. The lowest BCUT2D eigenvalue weighted by Crippen LogP contribution is -2.00. The van der Waals surface area contributed by atoms with Gasteiger partial charge in [0.1, 0.15) is 0 Å². The van der Waals surface area contributed by atoms with Gasteiger partial charge in [0.15, 0.2) is 17.5 Å². The maximum atomic E-state index is 5.23. The minimum atomic E-state index is 0.637. The molecule has 0 atom stereocenters. The molecule has 0 bridgehead atoms. The third-order valence-corrected chi connectivity index (χ3v) is 12.0. The molecule has 0 aliphatic heterocycles. The molecule has 11 rings (SSSR count). The van der Waals surface area contributed by atoms with Gasteiger partial charge in [-0.25, -0.2) is 15.0 Å². The molecule has 0 fully saturated rings. The van der Waals surface area contributed by atoms with Gasteiger partial charge in [0.05, 0.1) is 21.4 Å². The number of fused-ring (bicyclic) bond motifs is 6. The van der Waals surface area contributed by atoms with E-state index < -0.39 is 0 Å². The lowest BCUT2D eigenvalue weighted by molar-refractivity contribution is 1.08. The van der Waals surface area contributed by atoms with Gasteiger partial charge >= 0.3 is 0 Å². The van der Waals surface area contributed by atoms with Crippen LogP contribution in [-0.4, -0.2) is 19.5 Å². The molecule has 3 aromatic heterocycles. The molecular weight excluding hydrogens is 701 g/mol. The number of para-hydroxylation sites is 1. The summed E-state index contributed by atoms with van der Waals surface area (Å²) in [6, 6.07) is 68.4. The average molecular weight is 733 g/mol. The van der Waals surface area contributed by atoms with E-state index in [1.165, 1.54) is 36.9 Å². The monoisotopic (exact) mass is 732 g/mol. The van der Waals surface area contributed by atoms with Gasteiger partial charge in [0.2, 0.25) is 0 Å². The predicted octanol–water partition coefficient (Wildman–Crippen LogP) is 13.7. The van der Waals surface area contributed by atoms with E-state index in [1.807, 2.05) is 35.6 Å². The summed E-state index contributed by atoms with van der Waals surface area (Å²) >= 11 is 1.87. The van der Waals surface area contributed by atoms with E-state index >= 15 is 0 Å². The molecule has 3 heterocycles. The summed E-state index contributed by atoms with van der Waals surface area (Å²) in [6.07, 6.45) is 0. The molecule has 56 heavy (non-hydrogen) atoms. The highest BCUT2D eigenvalue weighted by Gasteiger charge is 2.22. The molecule has 0 amide bonds. The molecule has 4 nitrogen and oxygen atoms in total. The molecule has 5 heteroatoms. The van der Waals surface area contributed by atoms with Crippen LogP contribution in [0, 0.1) is 0 Å². The summed E-state index contributed by atoms with van der Waals surface area (Å²) in [5.41, 5.74) is 11.1. The molecule has 0 radical (unpaired) electrons. The van der Waals surface area contributed by atoms with Crippen LogP contribution >= 0.6 is 11.3 Å². The Morgan fingerprint density at radius 3 is 1.54 bits per heavy atom. The standard InChI is InChI=1S/C51H32N4S/c1-4-15-33(16-5-1)34-29-31-37(32-30-34)50-52-49(36-19-8-3-9-20-36)53-51(54-50)42-25-14-27-44-46(42)41-21-10-11-26-43(41)55(44)45-28-13-24-40-39-23-12-22-38(47(39)56-48(40)45)35-17-6-2-7-18-35/h1-32H. The summed E-state index contributed by atoms with van der Waals surface area (Å²) in [5, 5.41) is 4.80. The number of thiophene rings is 1. The van der Waals surface area contributed by atoms with E-state index in [0.717, 1.165) is 49.7 Å². The molecule has 8 aromatic carbocycles. The third-order valence-electron chi connectivity index (χ3n) is 10.7. The largest absolute Gasteiger partial charge is 0.308 e. The Bertz CT molecular complexity index is 3220. The fraction of sp³-hybridized carbons (Fsp3) is 0. The third kappa shape index (κ3) is 5.32. The van der Waals surface area contributed by atoms with Crippen LogP contribution in [0.2, 0.25) is 0 Å². The molecule has 0 aliphatic rings. The SMILES string of the molecule is c1ccc(-c2ccc(-c3nc(-c4ccccc4)nc(-c4cccc5c4c4ccccc4n5-c4cccc5c4sc4c(-c6ccccc6)cccc45)n3)cc2)cc1. The fourth-order valence-corrected chi connectivity index (χ4v) is 9.42. The maximum absolute atomic E-state index is 5.23. The topological polar surface area (TPSA) is 43.6 Å². The number of benzene rings is 8. The maximum Gasteiger partial charge on any atom is 0.164 e. The fourth-order valence-electron chi connectivity index (χ4n) is 8.08. The van der Waals surface area contributed by atoms with E-state index in [-0.39, 0.29) is 0 Å². The lowest BCUT2D eigenvalue weighted by atomic mass is 10.0.